The minimum absolute atomic E-state index is 0.0713. The number of aromatic nitrogens is 1. The molecule has 8 nitrogen and oxygen atoms in total. The van der Waals surface area contributed by atoms with Crippen LogP contribution in [0.25, 0.3) is 0 Å². The number of sulfonamides is 1. The van der Waals surface area contributed by atoms with Gasteiger partial charge in [-0.25, -0.2) is 18.9 Å². The molecule has 4 rings (SSSR count). The van der Waals surface area contributed by atoms with Gasteiger partial charge in [0.15, 0.2) is 0 Å². The van der Waals surface area contributed by atoms with Gasteiger partial charge in [-0.3, -0.25) is 10.0 Å². The first-order valence-electron chi connectivity index (χ1n) is 9.23. The first kappa shape index (κ1) is 20.0. The molecule has 3 aromatic rings. The summed E-state index contributed by atoms with van der Waals surface area (Å²) in [6, 6.07) is 17.7. The standard InChI is InChI=1S/C21H19N3O5S/c25-21(23-26)20-18-9-5-4-6-15(18)12-13-24(20)30(27,28)17-10-11-19(22-14-17)29-16-7-2-1-3-8-16/h1-11,14,20,26H,12-13H2,(H,23,25)/t20-/m0/s1. The lowest BCUT2D eigenvalue weighted by Crippen LogP contribution is -2.46. The van der Waals surface area contributed by atoms with Gasteiger partial charge in [0.25, 0.3) is 5.91 Å². The van der Waals surface area contributed by atoms with E-state index >= 15 is 0 Å². The van der Waals surface area contributed by atoms with Crippen LogP contribution in [-0.4, -0.2) is 35.4 Å². The summed E-state index contributed by atoms with van der Waals surface area (Å²) >= 11 is 0. The molecule has 0 spiro atoms. The molecule has 2 aromatic carbocycles. The molecule has 1 aromatic heterocycles. The molecule has 1 amide bonds. The van der Waals surface area contributed by atoms with Gasteiger partial charge < -0.3 is 4.74 Å². The highest BCUT2D eigenvalue weighted by molar-refractivity contribution is 7.89. The summed E-state index contributed by atoms with van der Waals surface area (Å²) in [7, 11) is -4.06. The average Bonchev–Trinajstić information content (AvgIpc) is 2.79. The van der Waals surface area contributed by atoms with Gasteiger partial charge in [0, 0.05) is 12.6 Å². The van der Waals surface area contributed by atoms with Crippen LogP contribution in [0.15, 0.2) is 77.8 Å². The number of amides is 1. The minimum atomic E-state index is -4.06. The monoisotopic (exact) mass is 425 g/mol. The predicted molar refractivity (Wildman–Crippen MR) is 107 cm³/mol. The van der Waals surface area contributed by atoms with Gasteiger partial charge in [0.2, 0.25) is 15.9 Å². The fraction of sp³-hybridized carbons (Fsp3) is 0.143. The molecule has 0 saturated carbocycles. The lowest BCUT2D eigenvalue weighted by molar-refractivity contribution is -0.133. The summed E-state index contributed by atoms with van der Waals surface area (Å²) in [6.07, 6.45) is 1.65. The van der Waals surface area contributed by atoms with Gasteiger partial charge >= 0.3 is 0 Å². The predicted octanol–water partition coefficient (Wildman–Crippen LogP) is 2.67. The summed E-state index contributed by atoms with van der Waals surface area (Å²) in [5.74, 6) is 0.00410. The molecule has 0 unspecified atom stereocenters. The van der Waals surface area contributed by atoms with Gasteiger partial charge in [-0.15, -0.1) is 0 Å². The van der Waals surface area contributed by atoms with Crippen LogP contribution < -0.4 is 10.2 Å². The Morgan fingerprint density at radius 1 is 1.07 bits per heavy atom. The third kappa shape index (κ3) is 3.78. The lowest BCUT2D eigenvalue weighted by Gasteiger charge is -2.34. The molecule has 154 valence electrons. The topological polar surface area (TPSA) is 109 Å². The van der Waals surface area contributed by atoms with E-state index in [4.69, 9.17) is 4.74 Å². The quantitative estimate of drug-likeness (QED) is 0.481. The fourth-order valence-corrected chi connectivity index (χ4v) is 4.98. The van der Waals surface area contributed by atoms with Gasteiger partial charge in [-0.2, -0.15) is 4.31 Å². The second kappa shape index (κ2) is 8.23. The van der Waals surface area contributed by atoms with Crippen LogP contribution in [0.2, 0.25) is 0 Å². The normalized spacial score (nSPS) is 16.5. The summed E-state index contributed by atoms with van der Waals surface area (Å²) in [5.41, 5.74) is 2.99. The molecule has 0 aliphatic carbocycles. The first-order chi connectivity index (χ1) is 14.5. The SMILES string of the molecule is O=C(NO)[C@@H]1c2ccccc2CCN1S(=O)(=O)c1ccc(Oc2ccccc2)nc1. The molecule has 9 heteroatoms. The van der Waals surface area contributed by atoms with E-state index in [0.29, 0.717) is 17.7 Å². The van der Waals surface area contributed by atoms with E-state index in [9.17, 15) is 18.4 Å². The number of nitrogens with zero attached hydrogens (tertiary/aromatic N) is 2. The van der Waals surface area contributed by atoms with Crippen LogP contribution in [0, 0.1) is 0 Å². The largest absolute Gasteiger partial charge is 0.439 e. The molecule has 30 heavy (non-hydrogen) atoms. The summed E-state index contributed by atoms with van der Waals surface area (Å²) in [4.78, 5) is 16.4. The van der Waals surface area contributed by atoms with Crippen molar-refractivity contribution in [2.24, 2.45) is 0 Å². The Hall–Kier alpha value is -3.27. The van der Waals surface area contributed by atoms with Crippen LogP contribution in [0.3, 0.4) is 0 Å². The van der Waals surface area contributed by atoms with Crippen LogP contribution in [0.4, 0.5) is 0 Å². The molecule has 0 bridgehead atoms. The Bertz CT molecular complexity index is 1150. The zero-order valence-electron chi connectivity index (χ0n) is 15.8. The minimum Gasteiger partial charge on any atom is -0.439 e. The van der Waals surface area contributed by atoms with E-state index in [1.807, 2.05) is 30.3 Å². The van der Waals surface area contributed by atoms with Crippen LogP contribution in [-0.2, 0) is 21.2 Å². The second-order valence-corrected chi connectivity index (χ2v) is 8.58. The number of hydrogen-bond acceptors (Lipinski definition) is 6. The van der Waals surface area contributed by atoms with Gasteiger partial charge in [0.1, 0.15) is 16.7 Å². The first-order valence-corrected chi connectivity index (χ1v) is 10.7. The number of hydrogen-bond donors (Lipinski definition) is 2. The van der Waals surface area contributed by atoms with E-state index in [1.54, 1.807) is 29.7 Å². The molecule has 2 heterocycles. The third-order valence-corrected chi connectivity index (χ3v) is 6.73. The molecule has 0 radical (unpaired) electrons. The Morgan fingerprint density at radius 2 is 1.80 bits per heavy atom. The van der Waals surface area contributed by atoms with Gasteiger partial charge in [-0.05, 0) is 35.7 Å². The summed E-state index contributed by atoms with van der Waals surface area (Å²) in [6.45, 7) is 0.0969. The Kier molecular flexibility index (Phi) is 5.49. The molecule has 0 fully saturated rings. The Labute approximate surface area is 173 Å². The van der Waals surface area contributed by atoms with Gasteiger partial charge in [0.05, 0.1) is 6.20 Å². The van der Waals surface area contributed by atoms with E-state index in [-0.39, 0.29) is 17.3 Å². The Morgan fingerprint density at radius 3 is 2.50 bits per heavy atom. The van der Waals surface area contributed by atoms with Crippen LogP contribution >= 0.6 is 0 Å². The van der Waals surface area contributed by atoms with Gasteiger partial charge in [-0.1, -0.05) is 42.5 Å². The van der Waals surface area contributed by atoms with Crippen molar-refractivity contribution < 1.29 is 23.2 Å². The highest BCUT2D eigenvalue weighted by atomic mass is 32.2. The third-order valence-electron chi connectivity index (χ3n) is 4.88. The van der Waals surface area contributed by atoms with Crippen molar-refractivity contribution >= 4 is 15.9 Å². The summed E-state index contributed by atoms with van der Waals surface area (Å²) in [5, 5.41) is 9.19. The second-order valence-electron chi connectivity index (χ2n) is 6.69. The highest BCUT2D eigenvalue weighted by Crippen LogP contribution is 2.34. The van der Waals surface area contributed by atoms with Crippen molar-refractivity contribution in [2.45, 2.75) is 17.4 Å². The smallest absolute Gasteiger partial charge is 0.266 e. The number of nitrogens with one attached hydrogen (secondary N) is 1. The fourth-order valence-electron chi connectivity index (χ4n) is 3.46. The lowest BCUT2D eigenvalue weighted by atomic mass is 9.94. The van der Waals surface area contributed by atoms with Crippen LogP contribution in [0.5, 0.6) is 11.6 Å². The van der Waals surface area contributed by atoms with Crippen LogP contribution in [0.1, 0.15) is 17.2 Å². The van der Waals surface area contributed by atoms with E-state index in [2.05, 4.69) is 4.98 Å². The number of para-hydroxylation sites is 1. The molecule has 1 atom stereocenters. The number of benzene rings is 2. The maximum Gasteiger partial charge on any atom is 0.266 e. The zero-order chi connectivity index (χ0) is 21.1. The number of ether oxygens (including phenoxy) is 1. The average molecular weight is 425 g/mol. The molecular weight excluding hydrogens is 406 g/mol. The maximum absolute atomic E-state index is 13.3. The zero-order valence-corrected chi connectivity index (χ0v) is 16.6. The maximum atomic E-state index is 13.3. The molecule has 1 aliphatic rings. The highest BCUT2D eigenvalue weighted by Gasteiger charge is 2.40. The number of fused-ring (bicyclic) bond motifs is 1. The number of carbonyl (C=O) groups is 1. The van der Waals surface area contributed by atoms with Crippen molar-refractivity contribution in [3.63, 3.8) is 0 Å². The molecule has 0 saturated heterocycles. The van der Waals surface area contributed by atoms with Crippen molar-refractivity contribution in [1.82, 2.24) is 14.8 Å². The Balaban J connectivity index is 1.64. The molecular formula is C21H19N3O5S. The molecule has 1 aliphatic heterocycles. The van der Waals surface area contributed by atoms with Crippen molar-refractivity contribution in [1.29, 1.82) is 0 Å². The van der Waals surface area contributed by atoms with Crippen molar-refractivity contribution in [2.75, 3.05) is 6.54 Å². The van der Waals surface area contributed by atoms with E-state index < -0.39 is 22.0 Å². The van der Waals surface area contributed by atoms with Crippen molar-refractivity contribution in [3.8, 4) is 11.6 Å². The number of rotatable bonds is 5. The van der Waals surface area contributed by atoms with E-state index in [0.717, 1.165) is 9.87 Å². The van der Waals surface area contributed by atoms with Crippen molar-refractivity contribution in [3.05, 3.63) is 84.1 Å². The molecule has 2 N–H and O–H groups in total. The number of pyridine rings is 1. The number of hydroxylamine groups is 1. The number of carbonyl (C=O) groups excluding carboxylic acids is 1. The summed E-state index contributed by atoms with van der Waals surface area (Å²) < 4.78 is 33.2. The van der Waals surface area contributed by atoms with E-state index in [1.165, 1.54) is 18.3 Å².